The van der Waals surface area contributed by atoms with Crippen LogP contribution in [0.2, 0.25) is 0 Å². The van der Waals surface area contributed by atoms with Gasteiger partial charge in [-0.15, -0.1) is 0 Å². The molecule has 1 unspecified atom stereocenters. The summed E-state index contributed by atoms with van der Waals surface area (Å²) in [7, 11) is 0. The Hall–Kier alpha value is -2.89. The average Bonchev–Trinajstić information content (AvgIpc) is 3.11. The number of carbonyl (C=O) groups excluding carboxylic acids is 3. The molecule has 0 spiro atoms. The maximum Gasteiger partial charge on any atom is 0.306 e. The smallest absolute Gasteiger partial charge is 0.306 e. The van der Waals surface area contributed by atoms with Crippen LogP contribution in [0.3, 0.4) is 0 Å². The molecule has 6 nitrogen and oxygen atoms in total. The van der Waals surface area contributed by atoms with Gasteiger partial charge in [-0.3, -0.25) is 14.4 Å². The van der Waals surface area contributed by atoms with Gasteiger partial charge in [-0.05, 0) is 77.0 Å². The molecule has 0 aromatic heterocycles. The standard InChI is InChI=1S/C44H74O6/c1-4-7-10-13-16-19-22-25-28-31-34-37-43(46)49-40-41(39-48-42(45)36-33-30-27-24-21-18-15-12-9-6-3)50-44(47)38-35-32-29-26-23-20-17-14-11-8-5-2/h13-20,22-23,41H,4-12,21,24-40H2,1-3H3/b16-13-,17-14-,18-15-,22-19-,23-20-. The molecule has 0 bridgehead atoms. The fourth-order valence-corrected chi connectivity index (χ4v) is 5.08. The van der Waals surface area contributed by atoms with E-state index in [0.29, 0.717) is 12.8 Å². The first kappa shape index (κ1) is 47.1. The second-order valence-electron chi connectivity index (χ2n) is 13.2. The highest BCUT2D eigenvalue weighted by atomic mass is 16.6. The zero-order chi connectivity index (χ0) is 36.6. The number of unbranched alkanes of at least 4 members (excludes halogenated alkanes) is 16. The maximum atomic E-state index is 12.6. The molecule has 0 aliphatic rings. The monoisotopic (exact) mass is 699 g/mol. The van der Waals surface area contributed by atoms with E-state index in [-0.39, 0.29) is 37.5 Å². The Morgan fingerprint density at radius 3 is 1.14 bits per heavy atom. The summed E-state index contributed by atoms with van der Waals surface area (Å²) in [5.74, 6) is -0.982. The van der Waals surface area contributed by atoms with Gasteiger partial charge in [-0.1, -0.05) is 146 Å². The lowest BCUT2D eigenvalue weighted by Gasteiger charge is -2.18. The van der Waals surface area contributed by atoms with Crippen molar-refractivity contribution in [3.8, 4) is 0 Å². The number of rotatable bonds is 35. The second kappa shape index (κ2) is 38.9. The van der Waals surface area contributed by atoms with Crippen LogP contribution in [0.15, 0.2) is 60.8 Å². The van der Waals surface area contributed by atoms with Crippen LogP contribution in [-0.2, 0) is 28.6 Å². The van der Waals surface area contributed by atoms with Crippen molar-refractivity contribution in [2.75, 3.05) is 13.2 Å². The van der Waals surface area contributed by atoms with Crippen molar-refractivity contribution in [1.82, 2.24) is 0 Å². The minimum absolute atomic E-state index is 0.101. The van der Waals surface area contributed by atoms with Crippen LogP contribution in [0.4, 0.5) is 0 Å². The molecule has 6 heteroatoms. The highest BCUT2D eigenvalue weighted by molar-refractivity contribution is 5.71. The van der Waals surface area contributed by atoms with Crippen LogP contribution in [0.25, 0.3) is 0 Å². The van der Waals surface area contributed by atoms with Gasteiger partial charge in [0.1, 0.15) is 13.2 Å². The predicted molar refractivity (Wildman–Crippen MR) is 210 cm³/mol. The van der Waals surface area contributed by atoms with E-state index < -0.39 is 6.10 Å². The van der Waals surface area contributed by atoms with Crippen LogP contribution >= 0.6 is 0 Å². The minimum Gasteiger partial charge on any atom is -0.462 e. The Morgan fingerprint density at radius 2 is 0.720 bits per heavy atom. The van der Waals surface area contributed by atoms with Crippen LogP contribution < -0.4 is 0 Å². The topological polar surface area (TPSA) is 78.9 Å². The second-order valence-corrected chi connectivity index (χ2v) is 13.2. The third kappa shape index (κ3) is 36.4. The van der Waals surface area contributed by atoms with E-state index in [1.54, 1.807) is 0 Å². The van der Waals surface area contributed by atoms with Crippen LogP contribution in [0, 0.1) is 0 Å². The molecule has 0 saturated heterocycles. The van der Waals surface area contributed by atoms with Crippen LogP contribution in [0.1, 0.15) is 181 Å². The molecule has 0 aliphatic carbocycles. The maximum absolute atomic E-state index is 12.6. The molecule has 0 aliphatic heterocycles. The Labute approximate surface area is 307 Å². The zero-order valence-corrected chi connectivity index (χ0v) is 32.4. The lowest BCUT2D eigenvalue weighted by molar-refractivity contribution is -0.167. The minimum atomic E-state index is -0.798. The van der Waals surface area contributed by atoms with Crippen molar-refractivity contribution in [1.29, 1.82) is 0 Å². The fraction of sp³-hybridized carbons (Fsp3) is 0.705. The molecule has 0 aromatic carbocycles. The van der Waals surface area contributed by atoms with E-state index >= 15 is 0 Å². The Balaban J connectivity index is 4.50. The molecule has 50 heavy (non-hydrogen) atoms. The summed E-state index contributed by atoms with van der Waals surface area (Å²) in [5, 5.41) is 0. The predicted octanol–water partition coefficient (Wildman–Crippen LogP) is 12.6. The fourth-order valence-electron chi connectivity index (χ4n) is 5.08. The first-order chi connectivity index (χ1) is 24.5. The van der Waals surface area contributed by atoms with Gasteiger partial charge < -0.3 is 14.2 Å². The lowest BCUT2D eigenvalue weighted by Crippen LogP contribution is -2.30. The zero-order valence-electron chi connectivity index (χ0n) is 32.4. The highest BCUT2D eigenvalue weighted by Crippen LogP contribution is 2.11. The third-order valence-corrected chi connectivity index (χ3v) is 8.27. The molecule has 0 N–H and O–H groups in total. The summed E-state index contributed by atoms with van der Waals surface area (Å²) in [6.45, 7) is 6.39. The molecule has 286 valence electrons. The van der Waals surface area contributed by atoms with E-state index in [0.717, 1.165) is 103 Å². The van der Waals surface area contributed by atoms with Crippen molar-refractivity contribution in [2.45, 2.75) is 187 Å². The third-order valence-electron chi connectivity index (χ3n) is 8.27. The van der Waals surface area contributed by atoms with Gasteiger partial charge in [0, 0.05) is 19.3 Å². The van der Waals surface area contributed by atoms with Crippen molar-refractivity contribution in [3.63, 3.8) is 0 Å². The van der Waals surface area contributed by atoms with E-state index in [1.807, 2.05) is 0 Å². The number of ether oxygens (including phenoxy) is 3. The number of esters is 3. The van der Waals surface area contributed by atoms with Gasteiger partial charge in [-0.2, -0.15) is 0 Å². The molecule has 0 saturated carbocycles. The van der Waals surface area contributed by atoms with Crippen LogP contribution in [-0.4, -0.2) is 37.2 Å². The summed E-state index contributed by atoms with van der Waals surface area (Å²) in [6, 6.07) is 0. The average molecular weight is 699 g/mol. The van der Waals surface area contributed by atoms with Crippen molar-refractivity contribution in [3.05, 3.63) is 60.8 Å². The number of hydrogen-bond acceptors (Lipinski definition) is 6. The normalized spacial score (nSPS) is 12.6. The molecular weight excluding hydrogens is 624 g/mol. The van der Waals surface area contributed by atoms with Gasteiger partial charge in [0.05, 0.1) is 0 Å². The molecule has 0 rings (SSSR count). The summed E-state index contributed by atoms with van der Waals surface area (Å²) < 4.78 is 16.5. The summed E-state index contributed by atoms with van der Waals surface area (Å²) in [4.78, 5) is 37.5. The molecule has 0 aromatic rings. The number of allylic oxidation sites excluding steroid dienone is 10. The number of carbonyl (C=O) groups is 3. The van der Waals surface area contributed by atoms with Gasteiger partial charge in [0.25, 0.3) is 0 Å². The highest BCUT2D eigenvalue weighted by Gasteiger charge is 2.19. The van der Waals surface area contributed by atoms with E-state index in [9.17, 15) is 14.4 Å². The molecule has 1 atom stereocenters. The Morgan fingerprint density at radius 1 is 0.400 bits per heavy atom. The molecular formula is C44H74O6. The summed E-state index contributed by atoms with van der Waals surface area (Å²) >= 11 is 0. The molecule has 0 fully saturated rings. The van der Waals surface area contributed by atoms with Gasteiger partial charge in [0.15, 0.2) is 6.10 Å². The quantitative estimate of drug-likeness (QED) is 0.0215. The van der Waals surface area contributed by atoms with Crippen LogP contribution in [0.5, 0.6) is 0 Å². The SMILES string of the molecule is CCCC/C=C\C=C/CCCCCC(=O)OCC(COC(=O)CCCCCC/C=C\CCCC)OC(=O)CCCCC/C=C\C=C/CCCC. The molecule has 0 radical (unpaired) electrons. The first-order valence-corrected chi connectivity index (χ1v) is 20.3. The Kier molecular flexibility index (Phi) is 36.7. The number of hydrogen-bond donors (Lipinski definition) is 0. The molecule has 0 heterocycles. The van der Waals surface area contributed by atoms with E-state index in [1.165, 1.54) is 38.5 Å². The van der Waals surface area contributed by atoms with Crippen molar-refractivity contribution in [2.24, 2.45) is 0 Å². The van der Waals surface area contributed by atoms with Gasteiger partial charge >= 0.3 is 17.9 Å². The van der Waals surface area contributed by atoms with Crippen molar-refractivity contribution >= 4 is 17.9 Å². The van der Waals surface area contributed by atoms with E-state index in [4.69, 9.17) is 14.2 Å². The lowest BCUT2D eigenvalue weighted by atomic mass is 10.1. The molecule has 0 amide bonds. The first-order valence-electron chi connectivity index (χ1n) is 20.3. The Bertz CT molecular complexity index is 944. The summed E-state index contributed by atoms with van der Waals surface area (Å²) in [6.07, 6.45) is 44.9. The van der Waals surface area contributed by atoms with Crippen molar-refractivity contribution < 1.29 is 28.6 Å². The summed E-state index contributed by atoms with van der Waals surface area (Å²) in [5.41, 5.74) is 0. The van der Waals surface area contributed by atoms with Gasteiger partial charge in [-0.25, -0.2) is 0 Å². The van der Waals surface area contributed by atoms with E-state index in [2.05, 4.69) is 81.5 Å². The largest absolute Gasteiger partial charge is 0.462 e. The van der Waals surface area contributed by atoms with Gasteiger partial charge in [0.2, 0.25) is 0 Å².